The molecule has 6 nitrogen and oxygen atoms in total. The van der Waals surface area contributed by atoms with Gasteiger partial charge in [0.15, 0.2) is 0 Å². The van der Waals surface area contributed by atoms with E-state index in [1.54, 1.807) is 0 Å². The predicted molar refractivity (Wildman–Crippen MR) is 106 cm³/mol. The van der Waals surface area contributed by atoms with Gasteiger partial charge < -0.3 is 10.2 Å². The van der Waals surface area contributed by atoms with Crippen molar-refractivity contribution >= 4 is 11.8 Å². The second-order valence-electron chi connectivity index (χ2n) is 7.91. The molecule has 0 radical (unpaired) electrons. The average Bonchev–Trinajstić information content (AvgIpc) is 2.88. The molecule has 1 atom stereocenters. The van der Waals surface area contributed by atoms with Crippen LogP contribution >= 0.6 is 0 Å². The number of likely N-dealkylation sites (tertiary alicyclic amines) is 1. The summed E-state index contributed by atoms with van der Waals surface area (Å²) in [6.07, 6.45) is 2.89. The van der Waals surface area contributed by atoms with Gasteiger partial charge in [-0.1, -0.05) is 12.1 Å². The average molecular weight is 391 g/mol. The molecule has 1 aromatic carbocycles. The fourth-order valence-corrected chi connectivity index (χ4v) is 4.09. The van der Waals surface area contributed by atoms with Crippen molar-refractivity contribution < 1.29 is 14.0 Å². The van der Waals surface area contributed by atoms with E-state index in [1.807, 2.05) is 17.0 Å². The normalized spacial score (nSPS) is 21.9. The molecule has 2 fully saturated rings. The molecule has 0 aliphatic carbocycles. The molecule has 28 heavy (non-hydrogen) atoms. The molecule has 0 saturated carbocycles. The quantitative estimate of drug-likeness (QED) is 0.827. The Bertz CT molecular complexity index is 667. The summed E-state index contributed by atoms with van der Waals surface area (Å²) < 4.78 is 13.1. The van der Waals surface area contributed by atoms with Crippen LogP contribution in [0, 0.1) is 5.82 Å². The second kappa shape index (κ2) is 9.98. The van der Waals surface area contributed by atoms with Crippen LogP contribution in [0.15, 0.2) is 24.3 Å². The smallest absolute Gasteiger partial charge is 0.236 e. The van der Waals surface area contributed by atoms with Crippen molar-refractivity contribution in [1.29, 1.82) is 0 Å². The van der Waals surface area contributed by atoms with E-state index in [2.05, 4.69) is 15.1 Å². The largest absolute Gasteiger partial charge is 0.352 e. The van der Waals surface area contributed by atoms with Crippen molar-refractivity contribution in [3.05, 3.63) is 35.6 Å². The summed E-state index contributed by atoms with van der Waals surface area (Å²) in [7, 11) is 0. The molecular formula is C21H31FN4O2. The topological polar surface area (TPSA) is 55.9 Å². The summed E-state index contributed by atoms with van der Waals surface area (Å²) in [5.41, 5.74) is 1.11. The van der Waals surface area contributed by atoms with Gasteiger partial charge in [0.1, 0.15) is 5.82 Å². The van der Waals surface area contributed by atoms with Gasteiger partial charge in [0, 0.05) is 45.7 Å². The molecule has 0 spiro atoms. The highest BCUT2D eigenvalue weighted by atomic mass is 19.1. The van der Waals surface area contributed by atoms with Crippen LogP contribution in [-0.2, 0) is 16.1 Å². The Hall–Kier alpha value is -1.99. The minimum absolute atomic E-state index is 0.0342. The molecule has 2 aliphatic heterocycles. The first-order chi connectivity index (χ1) is 13.5. The maximum atomic E-state index is 13.1. The molecule has 1 unspecified atom stereocenters. The number of rotatable bonds is 5. The van der Waals surface area contributed by atoms with Crippen molar-refractivity contribution in [2.24, 2.45) is 0 Å². The molecule has 2 aliphatic rings. The monoisotopic (exact) mass is 390 g/mol. The third-order valence-corrected chi connectivity index (χ3v) is 5.54. The second-order valence-corrected chi connectivity index (χ2v) is 7.91. The van der Waals surface area contributed by atoms with Crippen molar-refractivity contribution in [2.75, 3.05) is 45.8 Å². The number of amides is 2. The first-order valence-electron chi connectivity index (χ1n) is 10.2. The molecule has 1 aromatic rings. The maximum Gasteiger partial charge on any atom is 0.236 e. The Morgan fingerprint density at radius 2 is 1.75 bits per heavy atom. The Kier molecular flexibility index (Phi) is 7.39. The Morgan fingerprint density at radius 3 is 2.50 bits per heavy atom. The number of carbonyl (C=O) groups excluding carboxylic acids is 2. The Balaban J connectivity index is 1.45. The highest BCUT2D eigenvalue weighted by Gasteiger charge is 2.26. The molecule has 0 bridgehead atoms. The molecule has 1 N–H and O–H groups in total. The van der Waals surface area contributed by atoms with E-state index in [0.29, 0.717) is 13.1 Å². The van der Waals surface area contributed by atoms with Gasteiger partial charge in [-0.05, 0) is 50.0 Å². The van der Waals surface area contributed by atoms with Crippen LogP contribution in [0.4, 0.5) is 4.39 Å². The third kappa shape index (κ3) is 6.27. The van der Waals surface area contributed by atoms with E-state index in [1.165, 1.54) is 19.1 Å². The van der Waals surface area contributed by atoms with Gasteiger partial charge in [-0.2, -0.15) is 0 Å². The zero-order chi connectivity index (χ0) is 19.9. The number of nitrogens with one attached hydrogen (secondary N) is 1. The lowest BCUT2D eigenvalue weighted by Crippen LogP contribution is -2.51. The molecule has 2 saturated heterocycles. The number of halogens is 1. The van der Waals surface area contributed by atoms with Crippen molar-refractivity contribution in [2.45, 2.75) is 38.8 Å². The van der Waals surface area contributed by atoms with Crippen LogP contribution in [0.5, 0.6) is 0 Å². The van der Waals surface area contributed by atoms with E-state index >= 15 is 0 Å². The minimum atomic E-state index is -0.206. The van der Waals surface area contributed by atoms with Crippen molar-refractivity contribution in [3.8, 4) is 0 Å². The molecule has 3 rings (SSSR count). The molecule has 154 valence electrons. The minimum Gasteiger partial charge on any atom is -0.352 e. The summed E-state index contributed by atoms with van der Waals surface area (Å²) in [5, 5.41) is 2.94. The van der Waals surface area contributed by atoms with Gasteiger partial charge in [-0.25, -0.2) is 4.39 Å². The zero-order valence-corrected chi connectivity index (χ0v) is 16.7. The summed E-state index contributed by atoms with van der Waals surface area (Å²) in [5.74, 6) is -0.0853. The number of benzene rings is 1. The first kappa shape index (κ1) is 20.7. The summed E-state index contributed by atoms with van der Waals surface area (Å²) in [6, 6.07) is 6.76. The number of hydrogen-bond acceptors (Lipinski definition) is 4. The Morgan fingerprint density at radius 1 is 1.04 bits per heavy atom. The maximum absolute atomic E-state index is 13.1. The van der Waals surface area contributed by atoms with Crippen LogP contribution < -0.4 is 5.32 Å². The lowest BCUT2D eigenvalue weighted by molar-refractivity contribution is -0.134. The summed E-state index contributed by atoms with van der Waals surface area (Å²) >= 11 is 0. The van der Waals surface area contributed by atoms with E-state index in [0.717, 1.165) is 64.1 Å². The Labute approximate surface area is 166 Å². The standard InChI is InChI=1S/C21H31FN4O2/c1-17(27)23-20-4-2-11-26(15-20)21(28)16-25-10-3-9-24(12-13-25)14-18-5-7-19(22)8-6-18/h5-8,20H,2-4,9-16H2,1H3,(H,23,27). The summed E-state index contributed by atoms with van der Waals surface area (Å²) in [6.45, 7) is 7.82. The van der Waals surface area contributed by atoms with Crippen LogP contribution in [0.25, 0.3) is 0 Å². The van der Waals surface area contributed by atoms with Crippen LogP contribution in [0.3, 0.4) is 0 Å². The summed E-state index contributed by atoms with van der Waals surface area (Å²) in [4.78, 5) is 30.5. The van der Waals surface area contributed by atoms with E-state index in [9.17, 15) is 14.0 Å². The van der Waals surface area contributed by atoms with E-state index in [-0.39, 0.29) is 23.7 Å². The fraction of sp³-hybridized carbons (Fsp3) is 0.619. The van der Waals surface area contributed by atoms with Crippen molar-refractivity contribution in [1.82, 2.24) is 20.0 Å². The van der Waals surface area contributed by atoms with Crippen LogP contribution in [0.2, 0.25) is 0 Å². The predicted octanol–water partition coefficient (Wildman–Crippen LogP) is 1.46. The molecule has 2 heterocycles. The van der Waals surface area contributed by atoms with Gasteiger partial charge in [-0.15, -0.1) is 0 Å². The molecule has 7 heteroatoms. The number of piperidine rings is 1. The first-order valence-corrected chi connectivity index (χ1v) is 10.2. The van der Waals surface area contributed by atoms with E-state index in [4.69, 9.17) is 0 Å². The SMILES string of the molecule is CC(=O)NC1CCCN(C(=O)CN2CCCN(Cc3ccc(F)cc3)CC2)C1. The van der Waals surface area contributed by atoms with E-state index < -0.39 is 0 Å². The van der Waals surface area contributed by atoms with Gasteiger partial charge in [0.25, 0.3) is 0 Å². The van der Waals surface area contributed by atoms with Crippen LogP contribution in [0.1, 0.15) is 31.7 Å². The van der Waals surface area contributed by atoms with Gasteiger partial charge in [0.05, 0.1) is 6.54 Å². The van der Waals surface area contributed by atoms with Gasteiger partial charge in [0.2, 0.25) is 11.8 Å². The third-order valence-electron chi connectivity index (χ3n) is 5.54. The highest BCUT2D eigenvalue weighted by Crippen LogP contribution is 2.13. The lowest BCUT2D eigenvalue weighted by Gasteiger charge is -2.34. The number of carbonyl (C=O) groups is 2. The molecular weight excluding hydrogens is 359 g/mol. The number of nitrogens with zero attached hydrogens (tertiary/aromatic N) is 3. The number of hydrogen-bond donors (Lipinski definition) is 1. The fourth-order valence-electron chi connectivity index (χ4n) is 4.09. The molecule has 2 amide bonds. The van der Waals surface area contributed by atoms with Crippen molar-refractivity contribution in [3.63, 3.8) is 0 Å². The highest BCUT2D eigenvalue weighted by molar-refractivity contribution is 5.78. The molecule has 0 aromatic heterocycles. The lowest BCUT2D eigenvalue weighted by atomic mass is 10.1. The van der Waals surface area contributed by atoms with Gasteiger partial charge in [-0.3, -0.25) is 19.4 Å². The van der Waals surface area contributed by atoms with Crippen LogP contribution in [-0.4, -0.2) is 78.4 Å². The zero-order valence-electron chi connectivity index (χ0n) is 16.7. The van der Waals surface area contributed by atoms with Gasteiger partial charge >= 0.3 is 0 Å².